The van der Waals surface area contributed by atoms with Gasteiger partial charge in [-0.25, -0.2) is 0 Å². The summed E-state index contributed by atoms with van der Waals surface area (Å²) >= 11 is 0. The zero-order chi connectivity index (χ0) is 13.4. The van der Waals surface area contributed by atoms with E-state index in [4.69, 9.17) is 10.2 Å². The number of carboxylic acid groups (broad SMARTS) is 2. The van der Waals surface area contributed by atoms with Gasteiger partial charge in [-0.05, 0) is 20.5 Å². The summed E-state index contributed by atoms with van der Waals surface area (Å²) in [6.45, 7) is 3.34. The van der Waals surface area contributed by atoms with Gasteiger partial charge in [0.25, 0.3) is 0 Å². The molecule has 0 fully saturated rings. The Morgan fingerprint density at radius 2 is 1.71 bits per heavy atom. The van der Waals surface area contributed by atoms with Crippen LogP contribution in [0.5, 0.6) is 0 Å². The molecule has 2 N–H and O–H groups in total. The van der Waals surface area contributed by atoms with E-state index in [2.05, 4.69) is 0 Å². The second-order valence-corrected chi connectivity index (χ2v) is 4.25. The summed E-state index contributed by atoms with van der Waals surface area (Å²) in [6.07, 6.45) is 0.444. The summed E-state index contributed by atoms with van der Waals surface area (Å²) < 4.78 is 0. The summed E-state index contributed by atoms with van der Waals surface area (Å²) in [6, 6.07) is -0.603. The summed E-state index contributed by atoms with van der Waals surface area (Å²) in [5.74, 6) is -1.79. The Kier molecular flexibility index (Phi) is 7.49. The minimum Gasteiger partial charge on any atom is -0.481 e. The van der Waals surface area contributed by atoms with Crippen molar-refractivity contribution < 1.29 is 19.8 Å². The Morgan fingerprint density at radius 3 is 2.06 bits per heavy atom. The molecule has 0 aliphatic rings. The number of hydrogen-bond acceptors (Lipinski definition) is 4. The predicted octanol–water partition coefficient (Wildman–Crippen LogP) is 0.188. The van der Waals surface area contributed by atoms with Gasteiger partial charge in [-0.2, -0.15) is 0 Å². The maximum atomic E-state index is 11.1. The molecule has 0 aliphatic heterocycles. The minimum absolute atomic E-state index is 0.0305. The number of carbonyl (C=O) groups is 2. The third-order valence-corrected chi connectivity index (χ3v) is 2.56. The fourth-order valence-electron chi connectivity index (χ4n) is 1.58. The van der Waals surface area contributed by atoms with Crippen molar-refractivity contribution >= 4 is 11.9 Å². The van der Waals surface area contributed by atoms with Crippen LogP contribution in [0.1, 0.15) is 19.8 Å². The number of hydrogen-bond donors (Lipinski definition) is 2. The number of aliphatic carboxylic acids is 2. The molecule has 1 atom stereocenters. The first-order valence-corrected chi connectivity index (χ1v) is 5.71. The lowest BCUT2D eigenvalue weighted by Crippen LogP contribution is -2.44. The lowest BCUT2D eigenvalue weighted by Gasteiger charge is -2.28. The van der Waals surface area contributed by atoms with E-state index in [1.807, 2.05) is 19.0 Å². The van der Waals surface area contributed by atoms with E-state index in [1.165, 1.54) is 0 Å². The molecule has 0 aromatic heterocycles. The third kappa shape index (κ3) is 6.91. The lowest BCUT2D eigenvalue weighted by molar-refractivity contribution is -0.145. The van der Waals surface area contributed by atoms with Crippen molar-refractivity contribution in [1.29, 1.82) is 0 Å². The Bertz CT molecular complexity index is 256. The van der Waals surface area contributed by atoms with Crippen molar-refractivity contribution in [3.8, 4) is 0 Å². The Balaban J connectivity index is 4.45. The van der Waals surface area contributed by atoms with Gasteiger partial charge in [0.1, 0.15) is 6.04 Å². The van der Waals surface area contributed by atoms with Crippen molar-refractivity contribution in [3.63, 3.8) is 0 Å². The zero-order valence-corrected chi connectivity index (χ0v) is 10.7. The summed E-state index contributed by atoms with van der Waals surface area (Å²) in [5, 5.41) is 17.7. The highest BCUT2D eigenvalue weighted by molar-refractivity contribution is 5.73. The summed E-state index contributed by atoms with van der Waals surface area (Å²) in [5.41, 5.74) is 0. The van der Waals surface area contributed by atoms with Crippen LogP contribution in [0.25, 0.3) is 0 Å². The van der Waals surface area contributed by atoms with E-state index < -0.39 is 18.0 Å². The molecule has 0 saturated heterocycles. The Morgan fingerprint density at radius 1 is 1.12 bits per heavy atom. The van der Waals surface area contributed by atoms with E-state index in [-0.39, 0.29) is 13.0 Å². The molecule has 0 aromatic carbocycles. The van der Waals surface area contributed by atoms with E-state index in [0.29, 0.717) is 19.5 Å². The topological polar surface area (TPSA) is 81.1 Å². The van der Waals surface area contributed by atoms with Crippen molar-refractivity contribution in [2.75, 3.05) is 33.7 Å². The van der Waals surface area contributed by atoms with Crippen molar-refractivity contribution in [2.45, 2.75) is 25.8 Å². The van der Waals surface area contributed by atoms with Crippen LogP contribution in [-0.2, 0) is 9.59 Å². The Hall–Kier alpha value is -1.14. The van der Waals surface area contributed by atoms with Crippen molar-refractivity contribution in [2.24, 2.45) is 0 Å². The van der Waals surface area contributed by atoms with Crippen molar-refractivity contribution in [1.82, 2.24) is 9.80 Å². The van der Waals surface area contributed by atoms with Crippen LogP contribution in [0.3, 0.4) is 0 Å². The first-order valence-electron chi connectivity index (χ1n) is 5.71. The number of rotatable bonds is 9. The maximum absolute atomic E-state index is 11.1. The first-order chi connectivity index (χ1) is 7.88. The SMILES string of the molecule is CCC(C(=O)O)N(CCC(=O)O)CCN(C)C. The van der Waals surface area contributed by atoms with Crippen LogP contribution in [0.2, 0.25) is 0 Å². The molecule has 0 rings (SSSR count). The normalized spacial score (nSPS) is 13.0. The zero-order valence-electron chi connectivity index (χ0n) is 10.7. The standard InChI is InChI=1S/C11H22N2O4/c1-4-9(11(16)17)13(6-5-10(14)15)8-7-12(2)3/h9H,4-8H2,1-3H3,(H,14,15)(H,16,17). The van der Waals surface area contributed by atoms with Gasteiger partial charge >= 0.3 is 11.9 Å². The highest BCUT2D eigenvalue weighted by Gasteiger charge is 2.23. The maximum Gasteiger partial charge on any atom is 0.320 e. The van der Waals surface area contributed by atoms with Gasteiger partial charge in [0, 0.05) is 19.6 Å². The largest absolute Gasteiger partial charge is 0.481 e. The molecular weight excluding hydrogens is 224 g/mol. The average Bonchev–Trinajstić information content (AvgIpc) is 2.21. The molecule has 0 amide bonds. The molecule has 0 aliphatic carbocycles. The lowest BCUT2D eigenvalue weighted by atomic mass is 10.2. The predicted molar refractivity (Wildman–Crippen MR) is 64.1 cm³/mol. The van der Waals surface area contributed by atoms with Crippen LogP contribution in [0.4, 0.5) is 0 Å². The van der Waals surface area contributed by atoms with Gasteiger partial charge < -0.3 is 15.1 Å². The monoisotopic (exact) mass is 246 g/mol. The van der Waals surface area contributed by atoms with Gasteiger partial charge in [0.05, 0.1) is 6.42 Å². The molecule has 0 heterocycles. The second kappa shape index (κ2) is 8.03. The molecule has 6 heteroatoms. The van der Waals surface area contributed by atoms with E-state index >= 15 is 0 Å². The molecule has 0 bridgehead atoms. The van der Waals surface area contributed by atoms with E-state index in [0.717, 1.165) is 0 Å². The van der Waals surface area contributed by atoms with Gasteiger partial charge in [0.2, 0.25) is 0 Å². The van der Waals surface area contributed by atoms with E-state index in [1.54, 1.807) is 11.8 Å². The number of likely N-dealkylation sites (N-methyl/N-ethyl adjacent to an activating group) is 1. The fourth-order valence-corrected chi connectivity index (χ4v) is 1.58. The molecule has 0 spiro atoms. The molecule has 1 unspecified atom stereocenters. The average molecular weight is 246 g/mol. The summed E-state index contributed by atoms with van der Waals surface area (Å²) in [7, 11) is 3.80. The highest BCUT2D eigenvalue weighted by atomic mass is 16.4. The fraction of sp³-hybridized carbons (Fsp3) is 0.818. The van der Waals surface area contributed by atoms with Gasteiger partial charge in [-0.3, -0.25) is 14.5 Å². The minimum atomic E-state index is -0.903. The molecule has 0 radical (unpaired) electrons. The van der Waals surface area contributed by atoms with Crippen molar-refractivity contribution in [3.05, 3.63) is 0 Å². The quantitative estimate of drug-likeness (QED) is 0.604. The second-order valence-electron chi connectivity index (χ2n) is 4.25. The van der Waals surface area contributed by atoms with Crippen LogP contribution < -0.4 is 0 Å². The Labute approximate surface area is 102 Å². The van der Waals surface area contributed by atoms with E-state index in [9.17, 15) is 9.59 Å². The van der Waals surface area contributed by atoms with Crippen LogP contribution in [0.15, 0.2) is 0 Å². The van der Waals surface area contributed by atoms with Gasteiger partial charge in [-0.15, -0.1) is 0 Å². The van der Waals surface area contributed by atoms with Crippen LogP contribution in [0, 0.1) is 0 Å². The van der Waals surface area contributed by atoms with Gasteiger partial charge in [0.15, 0.2) is 0 Å². The number of nitrogens with zero attached hydrogens (tertiary/aromatic N) is 2. The van der Waals surface area contributed by atoms with Crippen LogP contribution in [-0.4, -0.2) is 71.7 Å². The molecule has 0 aromatic rings. The first kappa shape index (κ1) is 15.9. The van der Waals surface area contributed by atoms with Gasteiger partial charge in [-0.1, -0.05) is 6.92 Å². The summed E-state index contributed by atoms with van der Waals surface area (Å²) in [4.78, 5) is 25.3. The molecule has 0 saturated carbocycles. The number of carboxylic acids is 2. The highest BCUT2D eigenvalue weighted by Crippen LogP contribution is 2.06. The smallest absolute Gasteiger partial charge is 0.320 e. The van der Waals surface area contributed by atoms with Crippen LogP contribution >= 0.6 is 0 Å². The molecule has 100 valence electrons. The third-order valence-electron chi connectivity index (χ3n) is 2.56. The molecule has 17 heavy (non-hydrogen) atoms. The molecule has 6 nitrogen and oxygen atoms in total. The molecular formula is C11H22N2O4.